The molecule has 0 spiro atoms. The fraction of sp³-hybridized carbons (Fsp3) is 0.240. The molecular formula is C25H28N2O7. The topological polar surface area (TPSA) is 113 Å². The third-order valence-electron chi connectivity index (χ3n) is 4.45. The molecule has 180 valence electrons. The second-order valence-corrected chi connectivity index (χ2v) is 6.64. The van der Waals surface area contributed by atoms with Gasteiger partial charge in [-0.3, -0.25) is 0 Å². The summed E-state index contributed by atoms with van der Waals surface area (Å²) in [6.45, 7) is 1.98. The van der Waals surface area contributed by atoms with Crippen molar-refractivity contribution in [2.24, 2.45) is 0 Å². The number of carboxylic acid groups (broad SMARTS) is 1. The van der Waals surface area contributed by atoms with Crippen LogP contribution in [0.1, 0.15) is 29.8 Å². The normalized spacial score (nSPS) is 10.6. The maximum absolute atomic E-state index is 10.3. The summed E-state index contributed by atoms with van der Waals surface area (Å²) in [7, 11) is 6.29. The average molecular weight is 469 g/mol. The molecule has 34 heavy (non-hydrogen) atoms. The van der Waals surface area contributed by atoms with E-state index in [0.717, 1.165) is 23.6 Å². The van der Waals surface area contributed by atoms with Crippen molar-refractivity contribution in [3.63, 3.8) is 0 Å². The molecule has 1 N–H and O–H groups in total. The zero-order valence-corrected chi connectivity index (χ0v) is 19.8. The van der Waals surface area contributed by atoms with Gasteiger partial charge < -0.3 is 28.6 Å². The zero-order chi connectivity index (χ0) is 24.9. The molecule has 0 aliphatic carbocycles. The van der Waals surface area contributed by atoms with Gasteiger partial charge in [-0.25, -0.2) is 4.79 Å². The number of nitrogens with zero attached hydrogens (tertiary/aromatic N) is 2. The molecule has 0 atom stereocenters. The molecule has 1 aromatic heterocycles. The third-order valence-corrected chi connectivity index (χ3v) is 4.45. The van der Waals surface area contributed by atoms with E-state index < -0.39 is 5.97 Å². The van der Waals surface area contributed by atoms with Crippen LogP contribution < -0.4 is 18.9 Å². The summed E-state index contributed by atoms with van der Waals surface area (Å²) in [4.78, 5) is 14.5. The smallest absolute Gasteiger partial charge is 0.328 e. The van der Waals surface area contributed by atoms with Crippen LogP contribution >= 0.6 is 0 Å². The molecule has 9 heteroatoms. The van der Waals surface area contributed by atoms with Gasteiger partial charge in [0, 0.05) is 18.6 Å². The van der Waals surface area contributed by atoms with Crippen LogP contribution in [0.25, 0.3) is 18.2 Å². The van der Waals surface area contributed by atoms with Crippen LogP contribution in [0.3, 0.4) is 0 Å². The monoisotopic (exact) mass is 468 g/mol. The van der Waals surface area contributed by atoms with Gasteiger partial charge in [0.05, 0.1) is 28.4 Å². The van der Waals surface area contributed by atoms with Gasteiger partial charge >= 0.3 is 5.97 Å². The maximum atomic E-state index is 10.3. The maximum Gasteiger partial charge on any atom is 0.328 e. The highest BCUT2D eigenvalue weighted by Gasteiger charge is 2.04. The van der Waals surface area contributed by atoms with Gasteiger partial charge in [-0.2, -0.15) is 4.98 Å². The van der Waals surface area contributed by atoms with Crippen molar-refractivity contribution >= 4 is 24.2 Å². The number of hydrogen-bond acceptors (Lipinski definition) is 8. The molecule has 0 saturated heterocycles. The minimum atomic E-state index is -0.982. The van der Waals surface area contributed by atoms with Crippen molar-refractivity contribution in [2.45, 2.75) is 13.3 Å². The fourth-order valence-electron chi connectivity index (χ4n) is 2.73. The summed E-state index contributed by atoms with van der Waals surface area (Å²) in [6, 6.07) is 10.8. The van der Waals surface area contributed by atoms with Crippen molar-refractivity contribution in [2.75, 3.05) is 28.4 Å². The number of carbonyl (C=O) groups is 1. The van der Waals surface area contributed by atoms with Gasteiger partial charge in [0.2, 0.25) is 0 Å². The second-order valence-electron chi connectivity index (χ2n) is 6.64. The summed E-state index contributed by atoms with van der Waals surface area (Å²) < 4.78 is 25.6. The molecule has 0 unspecified atom stereocenters. The summed E-state index contributed by atoms with van der Waals surface area (Å²) in [6.07, 6.45) is 6.97. The van der Waals surface area contributed by atoms with Crippen LogP contribution in [0.4, 0.5) is 0 Å². The van der Waals surface area contributed by atoms with Crippen LogP contribution in [0.2, 0.25) is 0 Å². The highest BCUT2D eigenvalue weighted by Crippen LogP contribution is 2.29. The van der Waals surface area contributed by atoms with E-state index in [1.807, 2.05) is 31.2 Å². The molecule has 0 aliphatic rings. The highest BCUT2D eigenvalue weighted by atomic mass is 16.5. The number of aromatic nitrogens is 2. The highest BCUT2D eigenvalue weighted by molar-refractivity contribution is 5.85. The summed E-state index contributed by atoms with van der Waals surface area (Å²) in [5, 5.41) is 12.3. The predicted molar refractivity (Wildman–Crippen MR) is 128 cm³/mol. The predicted octanol–water partition coefficient (Wildman–Crippen LogP) is 4.62. The Balaban J connectivity index is 0.000000248. The van der Waals surface area contributed by atoms with Crippen molar-refractivity contribution in [3.05, 3.63) is 65.3 Å². The first-order valence-electron chi connectivity index (χ1n) is 10.3. The Labute approximate surface area is 198 Å². The van der Waals surface area contributed by atoms with Gasteiger partial charge in [-0.15, -0.1) is 0 Å². The molecule has 2 aromatic carbocycles. The van der Waals surface area contributed by atoms with Gasteiger partial charge in [0.1, 0.15) is 0 Å². The first kappa shape index (κ1) is 26.0. The van der Waals surface area contributed by atoms with E-state index in [-0.39, 0.29) is 0 Å². The Bertz CT molecular complexity index is 1140. The zero-order valence-electron chi connectivity index (χ0n) is 19.8. The molecule has 0 fully saturated rings. The standard InChI is InChI=1S/C14H16N2O3.C11H12O4/c1-4-13-15-14(19-16-13)8-6-10-5-7-11(17-2)12(9-10)18-3;1-14-9-5-3-8(4-6-11(12)13)7-10(9)15-2/h5-9H,4H2,1-3H3;3-7H,1-2H3,(H,12,13). The third kappa shape index (κ3) is 7.70. The fourth-order valence-corrected chi connectivity index (χ4v) is 2.73. The van der Waals surface area contributed by atoms with Gasteiger partial charge in [0.25, 0.3) is 5.89 Å². The summed E-state index contributed by atoms with van der Waals surface area (Å²) >= 11 is 0. The number of rotatable bonds is 9. The lowest BCUT2D eigenvalue weighted by molar-refractivity contribution is -0.131. The molecule has 3 rings (SSSR count). The van der Waals surface area contributed by atoms with E-state index in [9.17, 15) is 4.79 Å². The molecule has 0 saturated carbocycles. The molecule has 0 radical (unpaired) electrons. The summed E-state index contributed by atoms with van der Waals surface area (Å²) in [5.41, 5.74) is 1.71. The van der Waals surface area contributed by atoms with E-state index >= 15 is 0 Å². The molecule has 1 heterocycles. The van der Waals surface area contributed by atoms with E-state index in [4.69, 9.17) is 28.6 Å². The molecule has 9 nitrogen and oxygen atoms in total. The number of aliphatic carboxylic acids is 1. The van der Waals surface area contributed by atoms with Gasteiger partial charge in [-0.05, 0) is 47.5 Å². The Morgan fingerprint density at radius 2 is 1.38 bits per heavy atom. The quantitative estimate of drug-likeness (QED) is 0.449. The van der Waals surface area contributed by atoms with E-state index in [2.05, 4.69) is 10.1 Å². The van der Waals surface area contributed by atoms with Crippen LogP contribution in [0.15, 0.2) is 47.0 Å². The first-order valence-corrected chi connectivity index (χ1v) is 10.3. The Kier molecular flexibility index (Phi) is 10.2. The Morgan fingerprint density at radius 3 is 1.82 bits per heavy atom. The van der Waals surface area contributed by atoms with E-state index in [1.165, 1.54) is 13.2 Å². The van der Waals surface area contributed by atoms with Gasteiger partial charge in [0.15, 0.2) is 28.8 Å². The van der Waals surface area contributed by atoms with Crippen molar-refractivity contribution in [1.82, 2.24) is 10.1 Å². The molecule has 3 aromatic rings. The largest absolute Gasteiger partial charge is 0.493 e. The average Bonchev–Trinajstić information content (AvgIpc) is 3.34. The summed E-state index contributed by atoms with van der Waals surface area (Å²) in [5.74, 6) is 2.79. The Hall–Kier alpha value is -4.27. The van der Waals surface area contributed by atoms with Crippen molar-refractivity contribution < 1.29 is 33.4 Å². The van der Waals surface area contributed by atoms with E-state index in [1.54, 1.807) is 45.6 Å². The number of hydrogen-bond donors (Lipinski definition) is 1. The molecule has 0 amide bonds. The van der Waals surface area contributed by atoms with Crippen LogP contribution in [-0.2, 0) is 11.2 Å². The molecular weight excluding hydrogens is 440 g/mol. The minimum absolute atomic E-state index is 0.492. The Morgan fingerprint density at radius 1 is 0.853 bits per heavy atom. The molecule has 0 aliphatic heterocycles. The number of methoxy groups -OCH3 is 4. The van der Waals surface area contributed by atoms with Gasteiger partial charge in [-0.1, -0.05) is 24.2 Å². The van der Waals surface area contributed by atoms with Crippen LogP contribution in [-0.4, -0.2) is 49.7 Å². The first-order chi connectivity index (χ1) is 16.4. The lowest BCUT2D eigenvalue weighted by Gasteiger charge is -2.07. The second kappa shape index (κ2) is 13.3. The lowest BCUT2D eigenvalue weighted by atomic mass is 10.2. The van der Waals surface area contributed by atoms with Crippen LogP contribution in [0.5, 0.6) is 23.0 Å². The van der Waals surface area contributed by atoms with Crippen LogP contribution in [0, 0.1) is 0 Å². The number of carboxylic acids is 1. The number of ether oxygens (including phenoxy) is 4. The number of benzene rings is 2. The number of aryl methyl sites for hydroxylation is 1. The SMILES string of the molecule is CCc1noc(C=Cc2ccc(OC)c(OC)c2)n1.COc1ccc(C=CC(=O)O)cc1OC. The molecule has 0 bridgehead atoms. The van der Waals surface area contributed by atoms with Crippen molar-refractivity contribution in [3.8, 4) is 23.0 Å². The lowest BCUT2D eigenvalue weighted by Crippen LogP contribution is -1.91. The van der Waals surface area contributed by atoms with Crippen molar-refractivity contribution in [1.29, 1.82) is 0 Å². The van der Waals surface area contributed by atoms with E-state index in [0.29, 0.717) is 34.7 Å². The minimum Gasteiger partial charge on any atom is -0.493 e.